The van der Waals surface area contributed by atoms with E-state index in [0.29, 0.717) is 12.3 Å². The summed E-state index contributed by atoms with van der Waals surface area (Å²) in [5, 5.41) is 2.40. The van der Waals surface area contributed by atoms with Crippen molar-refractivity contribution in [1.29, 1.82) is 0 Å². The van der Waals surface area contributed by atoms with Crippen LogP contribution in [0, 0.1) is 5.82 Å². The average molecular weight is 228 g/mol. The van der Waals surface area contributed by atoms with Gasteiger partial charge in [-0.05, 0) is 18.2 Å². The topological polar surface area (TPSA) is 59.6 Å². The summed E-state index contributed by atoms with van der Waals surface area (Å²) < 4.78 is 17.5. The molecule has 1 aromatic rings. The highest BCUT2D eigenvalue weighted by Crippen LogP contribution is 2.08. The molecule has 0 aromatic heterocycles. The molecule has 0 saturated heterocycles. The summed E-state index contributed by atoms with van der Waals surface area (Å²) in [4.78, 5) is 15.9. The van der Waals surface area contributed by atoms with Crippen LogP contribution < -0.4 is 10.8 Å². The van der Waals surface area contributed by atoms with E-state index < -0.39 is 11.8 Å². The number of carbonyl (C=O) groups is 1. The molecule has 0 unspecified atom stereocenters. The van der Waals surface area contributed by atoms with Gasteiger partial charge in [0.25, 0.3) is 0 Å². The molecule has 0 radical (unpaired) electrons. The monoisotopic (exact) mass is 228 g/mol. The molecule has 88 valence electrons. The Labute approximate surface area is 92.5 Å². The molecule has 0 aliphatic rings. The van der Waals surface area contributed by atoms with Crippen LogP contribution >= 0.6 is 0 Å². The van der Waals surface area contributed by atoms with Crippen molar-refractivity contribution >= 4 is 11.7 Å². The summed E-state index contributed by atoms with van der Waals surface area (Å²) in [5.74, 6) is -0.418. The van der Waals surface area contributed by atoms with Gasteiger partial charge in [0.15, 0.2) is 0 Å². The number of benzene rings is 1. The molecule has 1 rings (SSSR count). The van der Waals surface area contributed by atoms with Crippen molar-refractivity contribution in [2.75, 3.05) is 25.6 Å². The van der Waals surface area contributed by atoms with Crippen LogP contribution in [0.3, 0.4) is 0 Å². The summed E-state index contributed by atoms with van der Waals surface area (Å²) >= 11 is 0. The van der Waals surface area contributed by atoms with Gasteiger partial charge in [-0.15, -0.1) is 0 Å². The molecule has 0 spiro atoms. The summed E-state index contributed by atoms with van der Waals surface area (Å²) in [5.41, 5.74) is 2.49. The van der Waals surface area contributed by atoms with Crippen molar-refractivity contribution in [3.05, 3.63) is 30.1 Å². The molecule has 0 atom stereocenters. The summed E-state index contributed by atoms with van der Waals surface area (Å²) in [6, 6.07) is 4.99. The molecule has 0 aliphatic carbocycles. The minimum absolute atomic E-state index is 0.243. The molecule has 0 fully saturated rings. The number of nitrogens with one attached hydrogen (secondary N) is 2. The minimum atomic E-state index is -0.568. The number of methoxy groups -OCH3 is 1. The Balaban J connectivity index is 2.29. The fourth-order valence-corrected chi connectivity index (χ4v) is 0.964. The lowest BCUT2D eigenvalue weighted by atomic mass is 10.3. The lowest BCUT2D eigenvalue weighted by molar-refractivity contribution is 0.0272. The number of amides is 2. The molecular formula is C10H13FN2O3. The molecule has 0 aliphatic heterocycles. The van der Waals surface area contributed by atoms with Gasteiger partial charge < -0.3 is 10.1 Å². The first-order valence-corrected chi connectivity index (χ1v) is 4.65. The van der Waals surface area contributed by atoms with E-state index >= 15 is 0 Å². The second kappa shape index (κ2) is 6.76. The van der Waals surface area contributed by atoms with Crippen LogP contribution in [0.1, 0.15) is 0 Å². The van der Waals surface area contributed by atoms with Crippen molar-refractivity contribution in [2.45, 2.75) is 0 Å². The zero-order valence-corrected chi connectivity index (χ0v) is 8.83. The van der Waals surface area contributed by atoms with E-state index in [0.717, 1.165) is 0 Å². The zero-order chi connectivity index (χ0) is 11.8. The predicted molar refractivity (Wildman–Crippen MR) is 56.4 cm³/mol. The Bertz CT molecular complexity index is 347. The van der Waals surface area contributed by atoms with E-state index in [1.54, 1.807) is 6.07 Å². The second-order valence-electron chi connectivity index (χ2n) is 2.91. The summed E-state index contributed by atoms with van der Waals surface area (Å²) in [6.45, 7) is 0.618. The van der Waals surface area contributed by atoms with Crippen LogP contribution in [-0.4, -0.2) is 26.4 Å². The second-order valence-corrected chi connectivity index (χ2v) is 2.91. The number of halogens is 1. The molecule has 1 aromatic carbocycles. The minimum Gasteiger partial charge on any atom is -0.382 e. The van der Waals surface area contributed by atoms with E-state index in [2.05, 4.69) is 10.8 Å². The zero-order valence-electron chi connectivity index (χ0n) is 8.83. The van der Waals surface area contributed by atoms with Gasteiger partial charge in [-0.3, -0.25) is 4.84 Å². The lowest BCUT2D eigenvalue weighted by Gasteiger charge is -2.07. The van der Waals surface area contributed by atoms with Gasteiger partial charge in [-0.2, -0.15) is 0 Å². The van der Waals surface area contributed by atoms with E-state index in [4.69, 9.17) is 9.57 Å². The molecule has 6 heteroatoms. The van der Waals surface area contributed by atoms with Gasteiger partial charge in [-0.25, -0.2) is 14.7 Å². The van der Waals surface area contributed by atoms with Gasteiger partial charge in [0.1, 0.15) is 5.82 Å². The smallest absolute Gasteiger partial charge is 0.343 e. The number of rotatable bonds is 5. The van der Waals surface area contributed by atoms with Crippen LogP contribution in [0.5, 0.6) is 0 Å². The molecule has 0 saturated carbocycles. The molecule has 0 bridgehead atoms. The highest BCUT2D eigenvalue weighted by molar-refractivity contribution is 5.88. The molecule has 2 amide bonds. The van der Waals surface area contributed by atoms with Gasteiger partial charge in [0.05, 0.1) is 13.2 Å². The number of hydrogen-bond acceptors (Lipinski definition) is 3. The number of carbonyl (C=O) groups excluding carboxylic acids is 1. The molecule has 0 heterocycles. The standard InChI is InChI=1S/C10H13FN2O3/c1-15-5-6-16-13-10(14)12-9-4-2-3-8(11)7-9/h2-4,7H,5-6H2,1H3,(H2,12,13,14). The third-order valence-electron chi connectivity index (χ3n) is 1.64. The number of hydrogen-bond donors (Lipinski definition) is 2. The molecule has 5 nitrogen and oxygen atoms in total. The van der Waals surface area contributed by atoms with Crippen molar-refractivity contribution < 1.29 is 18.8 Å². The Hall–Kier alpha value is -1.66. The first-order chi connectivity index (χ1) is 7.72. The predicted octanol–water partition coefficient (Wildman–Crippen LogP) is 1.53. The normalized spacial score (nSPS) is 9.88. The Morgan fingerprint density at radius 1 is 1.44 bits per heavy atom. The quantitative estimate of drug-likeness (QED) is 0.593. The average Bonchev–Trinajstić information content (AvgIpc) is 2.24. The van der Waals surface area contributed by atoms with Crippen LogP contribution in [0.2, 0.25) is 0 Å². The molecule has 16 heavy (non-hydrogen) atoms. The third-order valence-corrected chi connectivity index (χ3v) is 1.64. The van der Waals surface area contributed by atoms with Crippen LogP contribution in [0.4, 0.5) is 14.9 Å². The maximum Gasteiger partial charge on any atom is 0.343 e. The largest absolute Gasteiger partial charge is 0.382 e. The number of hydroxylamine groups is 1. The highest BCUT2D eigenvalue weighted by atomic mass is 19.1. The summed E-state index contributed by atoms with van der Waals surface area (Å²) in [6.07, 6.45) is 0. The molecule has 2 N–H and O–H groups in total. The van der Waals surface area contributed by atoms with Crippen molar-refractivity contribution in [1.82, 2.24) is 5.48 Å². The van der Waals surface area contributed by atoms with Crippen molar-refractivity contribution in [3.8, 4) is 0 Å². The first kappa shape index (κ1) is 12.4. The van der Waals surface area contributed by atoms with Gasteiger partial charge in [0, 0.05) is 12.8 Å². The van der Waals surface area contributed by atoms with Crippen molar-refractivity contribution in [3.63, 3.8) is 0 Å². The van der Waals surface area contributed by atoms with Crippen molar-refractivity contribution in [2.24, 2.45) is 0 Å². The molecular weight excluding hydrogens is 215 g/mol. The van der Waals surface area contributed by atoms with Crippen LogP contribution in [0.15, 0.2) is 24.3 Å². The van der Waals surface area contributed by atoms with E-state index in [9.17, 15) is 9.18 Å². The van der Waals surface area contributed by atoms with E-state index in [1.807, 2.05) is 0 Å². The Kier molecular flexibility index (Phi) is 5.24. The van der Waals surface area contributed by atoms with Crippen LogP contribution in [0.25, 0.3) is 0 Å². The lowest BCUT2D eigenvalue weighted by Crippen LogP contribution is -2.30. The van der Waals surface area contributed by atoms with Gasteiger partial charge in [-0.1, -0.05) is 6.07 Å². The van der Waals surface area contributed by atoms with E-state index in [1.165, 1.54) is 25.3 Å². The third kappa shape index (κ3) is 4.72. The number of ether oxygens (including phenoxy) is 1. The summed E-state index contributed by atoms with van der Waals surface area (Å²) in [7, 11) is 1.52. The fourth-order valence-electron chi connectivity index (χ4n) is 0.964. The maximum atomic E-state index is 12.8. The maximum absolute atomic E-state index is 12.8. The number of urea groups is 1. The Morgan fingerprint density at radius 3 is 2.94 bits per heavy atom. The van der Waals surface area contributed by atoms with E-state index in [-0.39, 0.29) is 6.61 Å². The first-order valence-electron chi connectivity index (χ1n) is 4.65. The van der Waals surface area contributed by atoms with Crippen LogP contribution in [-0.2, 0) is 9.57 Å². The van der Waals surface area contributed by atoms with Gasteiger partial charge >= 0.3 is 6.03 Å². The number of anilines is 1. The Morgan fingerprint density at radius 2 is 2.25 bits per heavy atom. The highest BCUT2D eigenvalue weighted by Gasteiger charge is 2.01. The SMILES string of the molecule is COCCONC(=O)Nc1cccc(F)c1. The fraction of sp³-hybridized carbons (Fsp3) is 0.300. The van der Waals surface area contributed by atoms with Gasteiger partial charge in [0.2, 0.25) is 0 Å².